The minimum atomic E-state index is -0.0382. The third-order valence-electron chi connectivity index (χ3n) is 2.99. The number of hydrogen-bond donors (Lipinski definition) is 0. The van der Waals surface area contributed by atoms with Gasteiger partial charge in [0.15, 0.2) is 4.67 Å². The highest BCUT2D eigenvalue weighted by Crippen LogP contribution is 2.17. The summed E-state index contributed by atoms with van der Waals surface area (Å²) in [5, 5.41) is 0. The second-order valence-electron chi connectivity index (χ2n) is 4.12. The number of halogens is 1. The van der Waals surface area contributed by atoms with Crippen molar-refractivity contribution in [3.63, 3.8) is 0 Å². The fraction of sp³-hybridized carbons (Fsp3) is 0.154. The maximum atomic E-state index is 12.2. The van der Waals surface area contributed by atoms with Crippen molar-refractivity contribution in [3.05, 3.63) is 57.3 Å². The summed E-state index contributed by atoms with van der Waals surface area (Å²) in [7, 11) is 1.78. The predicted octanol–water partition coefficient (Wildman–Crippen LogP) is 2.74. The smallest absolute Gasteiger partial charge is 0.329 e. The molecule has 0 spiro atoms. The molecule has 18 heavy (non-hydrogen) atoms. The molecule has 0 unspecified atom stereocenters. The average Bonchev–Trinajstić information content (AvgIpc) is 2.88. The Hall–Kier alpha value is -1.75. The van der Waals surface area contributed by atoms with E-state index in [1.54, 1.807) is 16.2 Å². The van der Waals surface area contributed by atoms with Crippen LogP contribution in [0.3, 0.4) is 0 Å². The molecule has 4 nitrogen and oxygen atoms in total. The molecular weight excluding hydrogens is 296 g/mol. The van der Waals surface area contributed by atoms with Crippen LogP contribution in [0.15, 0.2) is 50.3 Å². The van der Waals surface area contributed by atoms with Gasteiger partial charge in [-0.25, -0.2) is 4.79 Å². The van der Waals surface area contributed by atoms with E-state index in [2.05, 4.69) is 15.9 Å². The van der Waals surface area contributed by atoms with E-state index in [1.807, 2.05) is 36.4 Å². The minimum Gasteiger partial charge on any atom is -0.452 e. The van der Waals surface area contributed by atoms with Gasteiger partial charge in [-0.3, -0.25) is 9.13 Å². The number of aryl methyl sites for hydroxylation is 1. The second-order valence-corrected chi connectivity index (χ2v) is 4.90. The summed E-state index contributed by atoms with van der Waals surface area (Å²) in [6, 6.07) is 11.4. The highest BCUT2D eigenvalue weighted by molar-refractivity contribution is 9.10. The van der Waals surface area contributed by atoms with E-state index in [1.165, 1.54) is 0 Å². The van der Waals surface area contributed by atoms with Crippen LogP contribution in [0.4, 0.5) is 0 Å². The van der Waals surface area contributed by atoms with Crippen molar-refractivity contribution in [3.8, 4) is 0 Å². The molecular formula is C13H11BrN2O2. The van der Waals surface area contributed by atoms with E-state index < -0.39 is 0 Å². The minimum absolute atomic E-state index is 0.0382. The number of hydrogen-bond acceptors (Lipinski definition) is 2. The van der Waals surface area contributed by atoms with Gasteiger partial charge in [0.25, 0.3) is 0 Å². The van der Waals surface area contributed by atoms with Crippen molar-refractivity contribution >= 4 is 27.0 Å². The lowest BCUT2D eigenvalue weighted by Crippen LogP contribution is -2.22. The lowest BCUT2D eigenvalue weighted by Gasteiger charge is -1.99. The Bertz CT molecular complexity index is 767. The molecule has 5 heteroatoms. The molecule has 0 fully saturated rings. The Morgan fingerprint density at radius 2 is 1.89 bits per heavy atom. The van der Waals surface area contributed by atoms with E-state index in [-0.39, 0.29) is 5.69 Å². The molecule has 2 aromatic heterocycles. The number of benzene rings is 1. The topological polar surface area (TPSA) is 40.1 Å². The van der Waals surface area contributed by atoms with Gasteiger partial charge >= 0.3 is 5.69 Å². The monoisotopic (exact) mass is 306 g/mol. The van der Waals surface area contributed by atoms with Crippen molar-refractivity contribution in [2.45, 2.75) is 6.54 Å². The quantitative estimate of drug-likeness (QED) is 0.730. The Morgan fingerprint density at radius 1 is 1.17 bits per heavy atom. The molecule has 0 radical (unpaired) electrons. The zero-order valence-electron chi connectivity index (χ0n) is 9.76. The Morgan fingerprint density at radius 3 is 2.56 bits per heavy atom. The number of para-hydroxylation sites is 2. The van der Waals surface area contributed by atoms with Gasteiger partial charge in [-0.15, -0.1) is 0 Å². The summed E-state index contributed by atoms with van der Waals surface area (Å²) in [4.78, 5) is 12.2. The molecule has 0 amide bonds. The SMILES string of the molecule is Cn1c(=O)n(Cc2ccc(Br)o2)c2ccccc21. The van der Waals surface area contributed by atoms with E-state index in [4.69, 9.17) is 4.42 Å². The van der Waals surface area contributed by atoms with Crippen LogP contribution < -0.4 is 5.69 Å². The number of aromatic nitrogens is 2. The molecule has 3 rings (SSSR count). The zero-order valence-corrected chi connectivity index (χ0v) is 11.3. The van der Waals surface area contributed by atoms with Crippen LogP contribution in [0.2, 0.25) is 0 Å². The van der Waals surface area contributed by atoms with Gasteiger partial charge in [-0.2, -0.15) is 0 Å². The van der Waals surface area contributed by atoms with Crippen molar-refractivity contribution in [2.24, 2.45) is 7.05 Å². The average molecular weight is 307 g/mol. The zero-order chi connectivity index (χ0) is 12.7. The van der Waals surface area contributed by atoms with Crippen LogP contribution in [-0.2, 0) is 13.6 Å². The second kappa shape index (κ2) is 4.17. The van der Waals surface area contributed by atoms with E-state index >= 15 is 0 Å². The maximum absolute atomic E-state index is 12.2. The Balaban J connectivity index is 2.17. The van der Waals surface area contributed by atoms with Crippen LogP contribution >= 0.6 is 15.9 Å². The largest absolute Gasteiger partial charge is 0.452 e. The maximum Gasteiger partial charge on any atom is 0.329 e. The van der Waals surface area contributed by atoms with E-state index in [9.17, 15) is 4.79 Å². The summed E-state index contributed by atoms with van der Waals surface area (Å²) < 4.78 is 9.48. The molecule has 0 atom stereocenters. The molecule has 0 aliphatic heterocycles. The highest BCUT2D eigenvalue weighted by atomic mass is 79.9. The first-order chi connectivity index (χ1) is 8.66. The van der Waals surface area contributed by atoms with Crippen LogP contribution in [0.25, 0.3) is 11.0 Å². The van der Waals surface area contributed by atoms with Gasteiger partial charge < -0.3 is 4.42 Å². The van der Waals surface area contributed by atoms with Crippen LogP contribution in [0, 0.1) is 0 Å². The molecule has 0 N–H and O–H groups in total. The fourth-order valence-electron chi connectivity index (χ4n) is 2.11. The predicted molar refractivity (Wildman–Crippen MR) is 72.7 cm³/mol. The van der Waals surface area contributed by atoms with Crippen molar-refractivity contribution in [1.82, 2.24) is 9.13 Å². The lowest BCUT2D eigenvalue weighted by atomic mass is 10.3. The van der Waals surface area contributed by atoms with Gasteiger partial charge in [0.05, 0.1) is 17.6 Å². The molecule has 3 aromatic rings. The molecule has 0 saturated carbocycles. The number of furan rings is 1. The first-order valence-corrected chi connectivity index (χ1v) is 6.34. The molecule has 2 heterocycles. The summed E-state index contributed by atoms with van der Waals surface area (Å²) in [5.41, 5.74) is 1.80. The highest BCUT2D eigenvalue weighted by Gasteiger charge is 2.11. The van der Waals surface area contributed by atoms with E-state index in [0.29, 0.717) is 11.2 Å². The number of imidazole rings is 1. The third-order valence-corrected chi connectivity index (χ3v) is 3.42. The third kappa shape index (κ3) is 1.71. The van der Waals surface area contributed by atoms with Crippen LogP contribution in [-0.4, -0.2) is 9.13 Å². The molecule has 0 bridgehead atoms. The molecule has 0 aliphatic carbocycles. The fourth-order valence-corrected chi connectivity index (χ4v) is 2.45. The molecule has 0 saturated heterocycles. The summed E-state index contributed by atoms with van der Waals surface area (Å²) in [6.45, 7) is 0.436. The van der Waals surface area contributed by atoms with Crippen molar-refractivity contribution in [2.75, 3.05) is 0 Å². The molecule has 0 aliphatic rings. The van der Waals surface area contributed by atoms with Gasteiger partial charge in [-0.05, 0) is 40.2 Å². The van der Waals surface area contributed by atoms with Crippen molar-refractivity contribution in [1.29, 1.82) is 0 Å². The summed E-state index contributed by atoms with van der Waals surface area (Å²) >= 11 is 3.26. The summed E-state index contributed by atoms with van der Waals surface area (Å²) in [6.07, 6.45) is 0. The Labute approximate surface area is 112 Å². The summed E-state index contributed by atoms with van der Waals surface area (Å²) in [5.74, 6) is 0.750. The standard InChI is InChI=1S/C13H11BrN2O2/c1-15-10-4-2-3-5-11(10)16(13(15)17)8-9-6-7-12(14)18-9/h2-7H,8H2,1H3. The van der Waals surface area contributed by atoms with Gasteiger partial charge in [0.1, 0.15) is 5.76 Å². The van der Waals surface area contributed by atoms with E-state index in [0.717, 1.165) is 16.8 Å². The van der Waals surface area contributed by atoms with Crippen LogP contribution in [0.5, 0.6) is 0 Å². The Kier molecular flexibility index (Phi) is 2.63. The number of fused-ring (bicyclic) bond motifs is 1. The lowest BCUT2D eigenvalue weighted by molar-refractivity contribution is 0.472. The number of nitrogens with zero attached hydrogens (tertiary/aromatic N) is 2. The van der Waals surface area contributed by atoms with Crippen molar-refractivity contribution < 1.29 is 4.42 Å². The van der Waals surface area contributed by atoms with Gasteiger partial charge in [0, 0.05) is 7.05 Å². The van der Waals surface area contributed by atoms with Crippen LogP contribution in [0.1, 0.15) is 5.76 Å². The first-order valence-electron chi connectivity index (χ1n) is 5.55. The van der Waals surface area contributed by atoms with Gasteiger partial charge in [0.2, 0.25) is 0 Å². The molecule has 1 aromatic carbocycles. The first kappa shape index (κ1) is 11.3. The van der Waals surface area contributed by atoms with Gasteiger partial charge in [-0.1, -0.05) is 12.1 Å². The number of rotatable bonds is 2. The normalized spacial score (nSPS) is 11.2. The molecule has 92 valence electrons.